The molecular formula is C7H5IO6S. The molecule has 82 valence electrons. The van der Waals surface area contributed by atoms with Crippen LogP contribution in [0.5, 0.6) is 5.75 Å². The Kier molecular flexibility index (Phi) is 3.21. The molecule has 0 aliphatic heterocycles. The highest BCUT2D eigenvalue weighted by atomic mass is 127. The lowest BCUT2D eigenvalue weighted by atomic mass is 10.2. The lowest BCUT2D eigenvalue weighted by Gasteiger charge is -2.04. The molecule has 0 aromatic heterocycles. The molecule has 0 bridgehead atoms. The van der Waals surface area contributed by atoms with Crippen molar-refractivity contribution in [2.24, 2.45) is 0 Å². The molecule has 0 heterocycles. The monoisotopic (exact) mass is 344 g/mol. The second kappa shape index (κ2) is 3.94. The SMILES string of the molecule is O=C(O)c1cc(S(=O)(=O)O)cc(I)c1O. The summed E-state index contributed by atoms with van der Waals surface area (Å²) in [6.45, 7) is 0. The van der Waals surface area contributed by atoms with Gasteiger partial charge in [0, 0.05) is 0 Å². The van der Waals surface area contributed by atoms with Crippen molar-refractivity contribution in [1.29, 1.82) is 0 Å². The minimum atomic E-state index is -4.48. The summed E-state index contributed by atoms with van der Waals surface area (Å²) in [6.07, 6.45) is 0. The molecule has 1 rings (SSSR count). The van der Waals surface area contributed by atoms with Gasteiger partial charge < -0.3 is 10.2 Å². The summed E-state index contributed by atoms with van der Waals surface area (Å²) in [5.74, 6) is -2.01. The molecule has 0 aliphatic rings. The summed E-state index contributed by atoms with van der Waals surface area (Å²) >= 11 is 1.56. The van der Waals surface area contributed by atoms with E-state index in [1.165, 1.54) is 0 Å². The average Bonchev–Trinajstić information content (AvgIpc) is 2.06. The number of aromatic hydroxyl groups is 1. The molecule has 6 nitrogen and oxygen atoms in total. The van der Waals surface area contributed by atoms with E-state index in [0.29, 0.717) is 6.07 Å². The lowest BCUT2D eigenvalue weighted by molar-refractivity contribution is 0.0693. The molecule has 15 heavy (non-hydrogen) atoms. The van der Waals surface area contributed by atoms with Gasteiger partial charge in [0.25, 0.3) is 10.1 Å². The summed E-state index contributed by atoms with van der Waals surface area (Å²) in [6, 6.07) is 1.66. The third-order valence-corrected chi connectivity index (χ3v) is 3.22. The molecule has 0 aliphatic carbocycles. The minimum absolute atomic E-state index is 0.0279. The highest BCUT2D eigenvalue weighted by Crippen LogP contribution is 2.27. The molecule has 0 saturated heterocycles. The summed E-state index contributed by atoms with van der Waals surface area (Å²) < 4.78 is 30.2. The highest BCUT2D eigenvalue weighted by molar-refractivity contribution is 14.1. The molecule has 0 amide bonds. The van der Waals surface area contributed by atoms with Crippen LogP contribution in [0.1, 0.15) is 10.4 Å². The number of halogens is 1. The first-order valence-electron chi connectivity index (χ1n) is 3.47. The molecule has 8 heteroatoms. The van der Waals surface area contributed by atoms with Gasteiger partial charge in [0.2, 0.25) is 0 Å². The van der Waals surface area contributed by atoms with Gasteiger partial charge in [0.1, 0.15) is 11.3 Å². The number of carboxylic acid groups (broad SMARTS) is 1. The van der Waals surface area contributed by atoms with Crippen molar-refractivity contribution in [3.63, 3.8) is 0 Å². The first-order chi connectivity index (χ1) is 6.73. The van der Waals surface area contributed by atoms with E-state index in [1.54, 1.807) is 22.6 Å². The van der Waals surface area contributed by atoms with Crippen LogP contribution < -0.4 is 0 Å². The van der Waals surface area contributed by atoms with Crippen molar-refractivity contribution in [1.82, 2.24) is 0 Å². The molecule has 0 spiro atoms. The number of hydrogen-bond acceptors (Lipinski definition) is 4. The van der Waals surface area contributed by atoms with Gasteiger partial charge in [-0.25, -0.2) is 4.79 Å². The van der Waals surface area contributed by atoms with Crippen LogP contribution in [-0.4, -0.2) is 29.2 Å². The predicted molar refractivity (Wildman–Crippen MR) is 57.6 cm³/mol. The first kappa shape index (κ1) is 12.2. The number of aromatic carboxylic acids is 1. The largest absolute Gasteiger partial charge is 0.506 e. The zero-order valence-electron chi connectivity index (χ0n) is 7.01. The van der Waals surface area contributed by atoms with Crippen molar-refractivity contribution in [2.45, 2.75) is 4.90 Å². The molecule has 0 radical (unpaired) electrons. The number of benzene rings is 1. The second-order valence-electron chi connectivity index (χ2n) is 2.58. The Hall–Kier alpha value is -0.870. The zero-order chi connectivity index (χ0) is 11.8. The number of carbonyl (C=O) groups is 1. The van der Waals surface area contributed by atoms with E-state index in [0.717, 1.165) is 6.07 Å². The van der Waals surface area contributed by atoms with Crippen LogP contribution in [0.3, 0.4) is 0 Å². The second-order valence-corrected chi connectivity index (χ2v) is 5.17. The van der Waals surface area contributed by atoms with Crippen LogP contribution in [0.15, 0.2) is 17.0 Å². The lowest BCUT2D eigenvalue weighted by Crippen LogP contribution is -2.04. The summed E-state index contributed by atoms with van der Waals surface area (Å²) in [7, 11) is -4.48. The van der Waals surface area contributed by atoms with Crippen molar-refractivity contribution < 1.29 is 28.0 Å². The van der Waals surface area contributed by atoms with Crippen LogP contribution in [0.4, 0.5) is 0 Å². The minimum Gasteiger partial charge on any atom is -0.506 e. The topological polar surface area (TPSA) is 112 Å². The highest BCUT2D eigenvalue weighted by Gasteiger charge is 2.19. The van der Waals surface area contributed by atoms with Gasteiger partial charge in [0.15, 0.2) is 0 Å². The number of phenols is 1. The Morgan fingerprint density at radius 1 is 1.33 bits per heavy atom. The van der Waals surface area contributed by atoms with E-state index in [4.69, 9.17) is 9.66 Å². The molecule has 3 N–H and O–H groups in total. The van der Waals surface area contributed by atoms with Crippen molar-refractivity contribution >= 4 is 38.7 Å². The molecule has 1 aromatic carbocycles. The van der Waals surface area contributed by atoms with Crippen molar-refractivity contribution in [3.05, 3.63) is 21.3 Å². The Bertz CT molecular complexity index is 521. The van der Waals surface area contributed by atoms with E-state index < -0.39 is 32.3 Å². The summed E-state index contributed by atoms with van der Waals surface area (Å²) in [5.41, 5.74) is -0.575. The van der Waals surface area contributed by atoms with E-state index in [-0.39, 0.29) is 3.57 Å². The van der Waals surface area contributed by atoms with Crippen molar-refractivity contribution in [3.8, 4) is 5.75 Å². The molecule has 0 fully saturated rings. The molecule has 0 saturated carbocycles. The van der Waals surface area contributed by atoms with Crippen LogP contribution in [-0.2, 0) is 10.1 Å². The van der Waals surface area contributed by atoms with Gasteiger partial charge in [0.05, 0.1) is 8.47 Å². The Morgan fingerprint density at radius 3 is 2.27 bits per heavy atom. The predicted octanol–water partition coefficient (Wildman–Crippen LogP) is 0.942. The number of carboxylic acids is 1. The Balaban J connectivity index is 3.57. The van der Waals surface area contributed by atoms with Gasteiger partial charge in [-0.3, -0.25) is 4.55 Å². The molecular weight excluding hydrogens is 339 g/mol. The zero-order valence-corrected chi connectivity index (χ0v) is 9.98. The van der Waals surface area contributed by atoms with Gasteiger partial charge in [-0.1, -0.05) is 0 Å². The van der Waals surface area contributed by atoms with Gasteiger partial charge in [-0.2, -0.15) is 8.42 Å². The van der Waals surface area contributed by atoms with E-state index in [9.17, 15) is 18.3 Å². The smallest absolute Gasteiger partial charge is 0.339 e. The normalized spacial score (nSPS) is 11.3. The van der Waals surface area contributed by atoms with Crippen molar-refractivity contribution in [2.75, 3.05) is 0 Å². The fraction of sp³-hybridized carbons (Fsp3) is 0. The maximum Gasteiger partial charge on any atom is 0.339 e. The first-order valence-corrected chi connectivity index (χ1v) is 5.98. The summed E-state index contributed by atoms with van der Waals surface area (Å²) in [4.78, 5) is 10.0. The van der Waals surface area contributed by atoms with Crippen LogP contribution >= 0.6 is 22.6 Å². The summed E-state index contributed by atoms with van der Waals surface area (Å²) in [5, 5.41) is 17.9. The molecule has 1 aromatic rings. The quantitative estimate of drug-likeness (QED) is 0.544. The average molecular weight is 344 g/mol. The Morgan fingerprint density at radius 2 is 1.87 bits per heavy atom. The fourth-order valence-electron chi connectivity index (χ4n) is 0.886. The maximum atomic E-state index is 10.7. The number of rotatable bonds is 2. The van der Waals surface area contributed by atoms with Crippen LogP contribution in [0, 0.1) is 3.57 Å². The van der Waals surface area contributed by atoms with Gasteiger partial charge in [-0.15, -0.1) is 0 Å². The third kappa shape index (κ3) is 2.58. The maximum absolute atomic E-state index is 10.7. The number of hydrogen-bond donors (Lipinski definition) is 3. The Labute approximate surface area is 98.4 Å². The van der Waals surface area contributed by atoms with Crippen LogP contribution in [0.2, 0.25) is 0 Å². The molecule has 0 atom stereocenters. The van der Waals surface area contributed by atoms with Gasteiger partial charge >= 0.3 is 5.97 Å². The van der Waals surface area contributed by atoms with E-state index >= 15 is 0 Å². The standard InChI is InChI=1S/C7H5IO6S/c8-5-2-3(15(12,13)14)1-4(6(5)9)7(10)11/h1-2,9H,(H,10,11)(H,12,13,14). The van der Waals surface area contributed by atoms with Gasteiger partial charge in [-0.05, 0) is 34.7 Å². The third-order valence-electron chi connectivity index (χ3n) is 1.57. The van der Waals surface area contributed by atoms with Crippen LogP contribution in [0.25, 0.3) is 0 Å². The molecule has 0 unspecified atom stereocenters. The van der Waals surface area contributed by atoms with E-state index in [1.807, 2.05) is 0 Å². The fourth-order valence-corrected chi connectivity index (χ4v) is 2.26. The van der Waals surface area contributed by atoms with E-state index in [2.05, 4.69) is 0 Å².